The summed E-state index contributed by atoms with van der Waals surface area (Å²) in [5.41, 5.74) is 4.03. The maximum absolute atomic E-state index is 14.0. The van der Waals surface area contributed by atoms with Gasteiger partial charge in [-0.2, -0.15) is 0 Å². The molecule has 7 nitrogen and oxygen atoms in total. The van der Waals surface area contributed by atoms with Gasteiger partial charge in [-0.15, -0.1) is 0 Å². The highest BCUT2D eigenvalue weighted by Gasteiger charge is 2.32. The Morgan fingerprint density at radius 2 is 1.59 bits per heavy atom. The van der Waals surface area contributed by atoms with E-state index in [-0.39, 0.29) is 28.9 Å². The molecule has 1 amide bonds. The first-order valence-electron chi connectivity index (χ1n) is 12.1. The predicted molar refractivity (Wildman–Crippen MR) is 143 cm³/mol. The van der Waals surface area contributed by atoms with Gasteiger partial charge in [0, 0.05) is 31.9 Å². The molecule has 1 heterocycles. The molecule has 1 aliphatic rings. The van der Waals surface area contributed by atoms with Crippen LogP contribution in [0.15, 0.2) is 65.6 Å². The number of hydrogen-bond acceptors (Lipinski definition) is 5. The number of ether oxygens (including phenoxy) is 1. The summed E-state index contributed by atoms with van der Waals surface area (Å²) in [6.45, 7) is 7.35. The summed E-state index contributed by atoms with van der Waals surface area (Å²) in [7, 11) is -2.70. The molecule has 3 aromatic rings. The van der Waals surface area contributed by atoms with E-state index in [0.29, 0.717) is 31.9 Å². The Balaban J connectivity index is 1.60. The molecule has 0 radical (unpaired) electrons. The van der Waals surface area contributed by atoms with Crippen LogP contribution in [-0.4, -0.2) is 59.1 Å². The highest BCUT2D eigenvalue weighted by Crippen LogP contribution is 2.32. The molecule has 0 aliphatic carbocycles. The molecule has 0 spiro atoms. The summed E-state index contributed by atoms with van der Waals surface area (Å²) < 4.78 is 47.8. The molecule has 1 fully saturated rings. The molecular formula is C28H32FN3O4S. The van der Waals surface area contributed by atoms with Crippen molar-refractivity contribution in [3.63, 3.8) is 0 Å². The molecule has 0 atom stereocenters. The largest absolute Gasteiger partial charge is 0.495 e. The maximum atomic E-state index is 14.0. The monoisotopic (exact) mass is 525 g/mol. The Labute approximate surface area is 218 Å². The Hall–Kier alpha value is -3.59. The van der Waals surface area contributed by atoms with Gasteiger partial charge in [-0.25, -0.2) is 12.8 Å². The van der Waals surface area contributed by atoms with E-state index in [2.05, 4.69) is 4.90 Å². The summed E-state index contributed by atoms with van der Waals surface area (Å²) in [6, 6.07) is 16.6. The molecule has 0 N–H and O–H groups in total. The van der Waals surface area contributed by atoms with E-state index >= 15 is 0 Å². The van der Waals surface area contributed by atoms with Crippen molar-refractivity contribution in [1.29, 1.82) is 0 Å². The quantitative estimate of drug-likeness (QED) is 0.460. The minimum absolute atomic E-state index is 0.0159. The summed E-state index contributed by atoms with van der Waals surface area (Å²) in [5.74, 6) is -0.359. The van der Waals surface area contributed by atoms with Gasteiger partial charge in [-0.3, -0.25) is 9.10 Å². The summed E-state index contributed by atoms with van der Waals surface area (Å²) >= 11 is 0. The molecule has 4 rings (SSSR count). The molecule has 37 heavy (non-hydrogen) atoms. The van der Waals surface area contributed by atoms with Crippen molar-refractivity contribution < 1.29 is 22.3 Å². The number of halogens is 1. The van der Waals surface area contributed by atoms with Gasteiger partial charge in [0.05, 0.1) is 12.8 Å². The van der Waals surface area contributed by atoms with Gasteiger partial charge < -0.3 is 14.5 Å². The van der Waals surface area contributed by atoms with Crippen LogP contribution in [0.5, 0.6) is 5.75 Å². The van der Waals surface area contributed by atoms with Crippen LogP contribution in [0.4, 0.5) is 15.8 Å². The lowest BCUT2D eigenvalue weighted by Gasteiger charge is -2.37. The van der Waals surface area contributed by atoms with Crippen LogP contribution in [0.3, 0.4) is 0 Å². The van der Waals surface area contributed by atoms with Crippen molar-refractivity contribution in [2.24, 2.45) is 0 Å². The SMILES string of the molecule is COc1ccc(C)cc1S(=O)(=O)N(CC(=O)N1CCN(c2ccc(F)cc2)CC1)c1ccc(C)c(C)c1. The maximum Gasteiger partial charge on any atom is 0.268 e. The van der Waals surface area contributed by atoms with Crippen LogP contribution in [0.25, 0.3) is 0 Å². The van der Waals surface area contributed by atoms with Crippen molar-refractivity contribution >= 4 is 27.3 Å². The van der Waals surface area contributed by atoms with Crippen LogP contribution in [-0.2, 0) is 14.8 Å². The third kappa shape index (κ3) is 5.72. The minimum atomic E-state index is -4.13. The first-order valence-corrected chi connectivity index (χ1v) is 13.6. The molecule has 196 valence electrons. The molecule has 0 aromatic heterocycles. The lowest BCUT2D eigenvalue weighted by molar-refractivity contribution is -0.129. The van der Waals surface area contributed by atoms with Crippen molar-refractivity contribution in [2.45, 2.75) is 25.7 Å². The fraction of sp³-hybridized carbons (Fsp3) is 0.321. The van der Waals surface area contributed by atoms with E-state index in [4.69, 9.17) is 4.74 Å². The Kier molecular flexibility index (Phi) is 7.73. The molecule has 3 aromatic carbocycles. The number of methoxy groups -OCH3 is 1. The number of sulfonamides is 1. The van der Waals surface area contributed by atoms with Gasteiger partial charge in [0.15, 0.2) is 0 Å². The van der Waals surface area contributed by atoms with Crippen LogP contribution in [0.1, 0.15) is 16.7 Å². The zero-order chi connectivity index (χ0) is 26.7. The summed E-state index contributed by atoms with van der Waals surface area (Å²) in [4.78, 5) is 17.2. The fourth-order valence-corrected chi connectivity index (χ4v) is 6.04. The minimum Gasteiger partial charge on any atom is -0.495 e. The third-order valence-corrected chi connectivity index (χ3v) is 8.56. The van der Waals surface area contributed by atoms with E-state index < -0.39 is 10.0 Å². The average Bonchev–Trinajstić information content (AvgIpc) is 2.89. The standard InChI is InChI=1S/C28H32FN3O4S/c1-20-5-12-26(36-4)27(17-20)37(34,35)32(25-9-6-21(2)22(3)18-25)19-28(33)31-15-13-30(14-16-31)24-10-7-23(29)8-11-24/h5-12,17-18H,13-16,19H2,1-4H3. The molecule has 0 unspecified atom stereocenters. The van der Waals surface area contributed by atoms with Gasteiger partial charge in [0.2, 0.25) is 5.91 Å². The number of hydrogen-bond donors (Lipinski definition) is 0. The number of anilines is 2. The summed E-state index contributed by atoms with van der Waals surface area (Å²) in [5, 5.41) is 0. The van der Waals surface area contributed by atoms with Crippen LogP contribution in [0, 0.1) is 26.6 Å². The topological polar surface area (TPSA) is 70.2 Å². The van der Waals surface area contributed by atoms with Gasteiger partial charge in [0.25, 0.3) is 10.0 Å². The highest BCUT2D eigenvalue weighted by molar-refractivity contribution is 7.93. The third-order valence-electron chi connectivity index (χ3n) is 6.77. The Bertz CT molecular complexity index is 1390. The number of carbonyl (C=O) groups is 1. The average molecular weight is 526 g/mol. The first kappa shape index (κ1) is 26.5. The fourth-order valence-electron chi connectivity index (χ4n) is 4.39. The zero-order valence-electron chi connectivity index (χ0n) is 21.6. The first-order chi connectivity index (χ1) is 17.6. The predicted octanol–water partition coefficient (Wildman–Crippen LogP) is 4.30. The normalized spacial score (nSPS) is 14.0. The number of carbonyl (C=O) groups excluding carboxylic acids is 1. The van der Waals surface area contributed by atoms with Crippen LogP contribution in [0.2, 0.25) is 0 Å². The van der Waals surface area contributed by atoms with E-state index in [9.17, 15) is 17.6 Å². The van der Waals surface area contributed by atoms with Crippen molar-refractivity contribution in [3.05, 3.63) is 83.2 Å². The van der Waals surface area contributed by atoms with Gasteiger partial charge in [-0.1, -0.05) is 12.1 Å². The zero-order valence-corrected chi connectivity index (χ0v) is 22.4. The number of benzene rings is 3. The lowest BCUT2D eigenvalue weighted by Crippen LogP contribution is -2.52. The van der Waals surface area contributed by atoms with Crippen molar-refractivity contribution in [3.8, 4) is 5.75 Å². The van der Waals surface area contributed by atoms with E-state index in [0.717, 1.165) is 22.4 Å². The number of rotatable bonds is 7. The molecular weight excluding hydrogens is 493 g/mol. The molecule has 0 bridgehead atoms. The van der Waals surface area contributed by atoms with E-state index in [1.807, 2.05) is 26.8 Å². The second-order valence-electron chi connectivity index (χ2n) is 9.28. The van der Waals surface area contributed by atoms with E-state index in [1.165, 1.54) is 23.5 Å². The Morgan fingerprint density at radius 3 is 2.22 bits per heavy atom. The number of nitrogens with zero attached hydrogens (tertiary/aromatic N) is 3. The second kappa shape index (κ2) is 10.8. The van der Waals surface area contributed by atoms with Crippen molar-refractivity contribution in [1.82, 2.24) is 4.90 Å². The van der Waals surface area contributed by atoms with Crippen LogP contribution >= 0.6 is 0 Å². The van der Waals surface area contributed by atoms with Crippen LogP contribution < -0.4 is 13.9 Å². The number of amides is 1. The second-order valence-corrected chi connectivity index (χ2v) is 11.1. The Morgan fingerprint density at radius 1 is 0.919 bits per heavy atom. The highest BCUT2D eigenvalue weighted by atomic mass is 32.2. The lowest BCUT2D eigenvalue weighted by atomic mass is 10.1. The molecule has 9 heteroatoms. The van der Waals surface area contributed by atoms with E-state index in [1.54, 1.807) is 47.4 Å². The summed E-state index contributed by atoms with van der Waals surface area (Å²) in [6.07, 6.45) is 0. The smallest absolute Gasteiger partial charge is 0.268 e. The number of aryl methyl sites for hydroxylation is 3. The molecule has 1 saturated heterocycles. The molecule has 0 saturated carbocycles. The van der Waals surface area contributed by atoms with Crippen molar-refractivity contribution in [2.75, 3.05) is 49.0 Å². The van der Waals surface area contributed by atoms with Gasteiger partial charge >= 0.3 is 0 Å². The van der Waals surface area contributed by atoms with Gasteiger partial charge in [-0.05, 0) is 86.0 Å². The van der Waals surface area contributed by atoms with Gasteiger partial charge in [0.1, 0.15) is 23.0 Å². The molecule has 1 aliphatic heterocycles. The number of piperazine rings is 1.